The molecule has 4 aromatic rings. The molecule has 3 aliphatic heterocycles. The quantitative estimate of drug-likeness (QED) is 0.328. The summed E-state index contributed by atoms with van der Waals surface area (Å²) in [6, 6.07) is 8.45. The predicted molar refractivity (Wildman–Crippen MR) is 169 cm³/mol. The first-order valence-electron chi connectivity index (χ1n) is 14.5. The third-order valence-electron chi connectivity index (χ3n) is 8.79. The van der Waals surface area contributed by atoms with Gasteiger partial charge in [0.1, 0.15) is 5.01 Å². The number of thiazole rings is 1. The average Bonchev–Trinajstić information content (AvgIpc) is 3.75. The summed E-state index contributed by atoms with van der Waals surface area (Å²) in [6.45, 7) is 4.03. The first-order chi connectivity index (χ1) is 21.1. The summed E-state index contributed by atoms with van der Waals surface area (Å²) in [5.74, 6) is 0.114. The second kappa shape index (κ2) is 11.0. The fraction of sp³-hybridized carbons (Fsp3) is 0.387. The van der Waals surface area contributed by atoms with E-state index in [9.17, 15) is 18.3 Å². The van der Waals surface area contributed by atoms with Gasteiger partial charge in [0.2, 0.25) is 5.91 Å². The SMILES string of the molecule is Cc1ccc(S(=O)(=O)n2c(C3=CCN(C(=O)C4CCCN4C)CC3)cc3c(-c4cnc(C5(O)COC5)s4)c(Cl)cnc32)cc1. The molecule has 2 fully saturated rings. The third kappa shape index (κ3) is 4.88. The van der Waals surface area contributed by atoms with Crippen LogP contribution in [0.4, 0.5) is 0 Å². The highest BCUT2D eigenvalue weighted by Gasteiger charge is 2.41. The number of hydrogen-bond acceptors (Lipinski definition) is 9. The molecule has 13 heteroatoms. The summed E-state index contributed by atoms with van der Waals surface area (Å²) >= 11 is 8.04. The van der Waals surface area contributed by atoms with Gasteiger partial charge in [0.05, 0.1) is 39.7 Å². The Balaban J connectivity index is 1.35. The summed E-state index contributed by atoms with van der Waals surface area (Å²) < 4.78 is 35.1. The highest BCUT2D eigenvalue weighted by molar-refractivity contribution is 7.90. The van der Waals surface area contributed by atoms with Gasteiger partial charge >= 0.3 is 0 Å². The van der Waals surface area contributed by atoms with Crippen molar-refractivity contribution in [2.45, 2.75) is 42.7 Å². The van der Waals surface area contributed by atoms with Gasteiger partial charge in [-0.3, -0.25) is 9.69 Å². The molecule has 2 saturated heterocycles. The van der Waals surface area contributed by atoms with Crippen molar-refractivity contribution >= 4 is 55.5 Å². The molecule has 0 bridgehead atoms. The highest BCUT2D eigenvalue weighted by Crippen LogP contribution is 2.43. The molecule has 7 rings (SSSR count). The Morgan fingerprint density at radius 3 is 2.57 bits per heavy atom. The van der Waals surface area contributed by atoms with Crippen molar-refractivity contribution < 1.29 is 23.1 Å². The topological polar surface area (TPSA) is 118 Å². The number of carbonyl (C=O) groups is 1. The molecular weight excluding hydrogens is 622 g/mol. The summed E-state index contributed by atoms with van der Waals surface area (Å²) in [5.41, 5.74) is 1.94. The van der Waals surface area contributed by atoms with E-state index in [1.54, 1.807) is 30.5 Å². The molecule has 1 atom stereocenters. The van der Waals surface area contributed by atoms with Crippen molar-refractivity contribution in [1.29, 1.82) is 0 Å². The van der Waals surface area contributed by atoms with Gasteiger partial charge in [0.15, 0.2) is 11.2 Å². The molecule has 0 spiro atoms. The minimum atomic E-state index is -4.08. The number of amides is 1. The Morgan fingerprint density at radius 1 is 1.16 bits per heavy atom. The minimum Gasteiger partial charge on any atom is -0.378 e. The van der Waals surface area contributed by atoms with E-state index in [2.05, 4.69) is 14.9 Å². The van der Waals surface area contributed by atoms with Crippen LogP contribution in [0.5, 0.6) is 0 Å². The number of carbonyl (C=O) groups excluding carboxylic acids is 1. The molecule has 6 heterocycles. The van der Waals surface area contributed by atoms with Crippen molar-refractivity contribution in [3.8, 4) is 10.4 Å². The van der Waals surface area contributed by atoms with Crippen LogP contribution in [0.3, 0.4) is 0 Å². The fourth-order valence-corrected chi connectivity index (χ4v) is 9.04. The number of aliphatic hydroxyl groups is 1. The smallest absolute Gasteiger partial charge is 0.269 e. The lowest BCUT2D eigenvalue weighted by Gasteiger charge is -2.34. The van der Waals surface area contributed by atoms with E-state index in [1.165, 1.54) is 21.5 Å². The van der Waals surface area contributed by atoms with Crippen LogP contribution in [-0.4, -0.2) is 89.1 Å². The normalized spacial score (nSPS) is 20.6. The average molecular weight is 654 g/mol. The third-order valence-corrected chi connectivity index (χ3v) is 12.0. The second-order valence-electron chi connectivity index (χ2n) is 11.8. The summed E-state index contributed by atoms with van der Waals surface area (Å²) in [4.78, 5) is 27.1. The first-order valence-corrected chi connectivity index (χ1v) is 17.2. The number of ether oxygens (including phenoxy) is 1. The Hall–Kier alpha value is -3.13. The van der Waals surface area contributed by atoms with E-state index in [0.717, 1.165) is 30.5 Å². The number of fused-ring (bicyclic) bond motifs is 1. The zero-order valence-corrected chi connectivity index (χ0v) is 26.8. The van der Waals surface area contributed by atoms with Gasteiger partial charge in [0.25, 0.3) is 10.0 Å². The maximum absolute atomic E-state index is 14.3. The molecule has 3 aromatic heterocycles. The number of aromatic nitrogens is 3. The van der Waals surface area contributed by atoms with Crippen LogP contribution in [0, 0.1) is 6.92 Å². The minimum absolute atomic E-state index is 0.110. The molecule has 1 aromatic carbocycles. The zero-order chi connectivity index (χ0) is 30.8. The molecule has 0 radical (unpaired) electrons. The standard InChI is InChI=1S/C31H32ClN5O5S2/c1-19-5-7-21(8-6-19)44(40,41)37-25(20-9-12-36(13-10-20)29(38)24-4-3-11-35(24)2)14-22-27(23(32)15-33-28(22)37)26-16-34-30(43-26)31(39)17-42-18-31/h5-9,14-16,24,39H,3-4,10-13,17-18H2,1-2H3. The van der Waals surface area contributed by atoms with Gasteiger partial charge in [-0.15, -0.1) is 11.3 Å². The second-order valence-corrected chi connectivity index (χ2v) is 15.0. The van der Waals surface area contributed by atoms with Crippen molar-refractivity contribution in [3.63, 3.8) is 0 Å². The number of rotatable bonds is 6. The molecule has 0 saturated carbocycles. The van der Waals surface area contributed by atoms with Gasteiger partial charge < -0.3 is 14.7 Å². The molecule has 1 unspecified atom stereocenters. The van der Waals surface area contributed by atoms with Crippen molar-refractivity contribution in [3.05, 3.63) is 70.1 Å². The van der Waals surface area contributed by atoms with Crippen LogP contribution in [0.1, 0.15) is 35.5 Å². The highest BCUT2D eigenvalue weighted by atomic mass is 35.5. The molecular formula is C31H32ClN5O5S2. The van der Waals surface area contributed by atoms with E-state index in [1.807, 2.05) is 31.0 Å². The lowest BCUT2D eigenvalue weighted by atomic mass is 10.0. The van der Waals surface area contributed by atoms with Gasteiger partial charge in [-0.1, -0.05) is 35.4 Å². The van der Waals surface area contributed by atoms with Crippen molar-refractivity contribution in [1.82, 2.24) is 23.7 Å². The van der Waals surface area contributed by atoms with Crippen LogP contribution in [-0.2, 0) is 25.2 Å². The molecule has 1 amide bonds. The summed E-state index contributed by atoms with van der Waals surface area (Å²) in [6.07, 6.45) is 7.40. The number of likely N-dealkylation sites (tertiary alicyclic amines) is 1. The molecule has 1 N–H and O–H groups in total. The van der Waals surface area contributed by atoms with Crippen LogP contribution in [0.15, 0.2) is 53.7 Å². The van der Waals surface area contributed by atoms with E-state index in [-0.39, 0.29) is 35.7 Å². The lowest BCUT2D eigenvalue weighted by Crippen LogP contribution is -2.46. The maximum atomic E-state index is 14.3. The zero-order valence-electron chi connectivity index (χ0n) is 24.4. The molecule has 10 nitrogen and oxygen atoms in total. The number of aryl methyl sites for hydroxylation is 1. The van der Waals surface area contributed by atoms with Crippen molar-refractivity contribution in [2.75, 3.05) is 39.9 Å². The number of hydrogen-bond donors (Lipinski definition) is 1. The lowest BCUT2D eigenvalue weighted by molar-refractivity contribution is -0.184. The largest absolute Gasteiger partial charge is 0.378 e. The van der Waals surface area contributed by atoms with E-state index >= 15 is 0 Å². The summed E-state index contributed by atoms with van der Waals surface area (Å²) in [7, 11) is -2.10. The Morgan fingerprint density at radius 2 is 1.93 bits per heavy atom. The Labute approximate surface area is 264 Å². The van der Waals surface area contributed by atoms with Crippen LogP contribution < -0.4 is 0 Å². The van der Waals surface area contributed by atoms with Crippen molar-refractivity contribution in [2.24, 2.45) is 0 Å². The Kier molecular flexibility index (Phi) is 7.42. The maximum Gasteiger partial charge on any atom is 0.269 e. The van der Waals surface area contributed by atoms with Gasteiger partial charge in [-0.05, 0) is 63.6 Å². The fourth-order valence-electron chi connectivity index (χ4n) is 6.19. The van der Waals surface area contributed by atoms with Gasteiger partial charge in [0, 0.05) is 36.4 Å². The number of pyridine rings is 1. The van der Waals surface area contributed by atoms with Crippen LogP contribution in [0.25, 0.3) is 27.0 Å². The van der Waals surface area contributed by atoms with Crippen LogP contribution >= 0.6 is 22.9 Å². The predicted octanol–water partition coefficient (Wildman–Crippen LogP) is 4.29. The van der Waals surface area contributed by atoms with Crippen LogP contribution in [0.2, 0.25) is 5.02 Å². The van der Waals surface area contributed by atoms with E-state index < -0.39 is 15.6 Å². The number of likely N-dealkylation sites (N-methyl/N-ethyl adjacent to an activating group) is 1. The monoisotopic (exact) mass is 653 g/mol. The van der Waals surface area contributed by atoms with Gasteiger partial charge in [-0.25, -0.2) is 22.4 Å². The van der Waals surface area contributed by atoms with E-state index in [0.29, 0.717) is 51.1 Å². The molecule has 0 aliphatic carbocycles. The Bertz CT molecular complexity index is 1910. The number of benzene rings is 1. The number of nitrogens with zero attached hydrogens (tertiary/aromatic N) is 5. The van der Waals surface area contributed by atoms with Gasteiger partial charge in [-0.2, -0.15) is 0 Å². The number of halogens is 1. The van der Waals surface area contributed by atoms with E-state index in [4.69, 9.17) is 16.3 Å². The summed E-state index contributed by atoms with van der Waals surface area (Å²) in [5, 5.41) is 12.2. The first kappa shape index (κ1) is 29.6. The molecule has 44 heavy (non-hydrogen) atoms. The molecule has 230 valence electrons. The molecule has 3 aliphatic rings.